The molecule has 3 saturated carbocycles. The number of nitrogen functional groups attached to an aromatic ring is 1. The van der Waals surface area contributed by atoms with Crippen molar-refractivity contribution >= 4 is 11.9 Å². The summed E-state index contributed by atoms with van der Waals surface area (Å²) in [6.45, 7) is 30.3. The number of aromatic amines is 1. The van der Waals surface area contributed by atoms with Gasteiger partial charge in [-0.2, -0.15) is 5.21 Å². The lowest BCUT2D eigenvalue weighted by Gasteiger charge is -2.71. The highest BCUT2D eigenvalue weighted by molar-refractivity contribution is 5.73. The molecule has 5 aliphatic rings. The number of anilines is 1. The standard InChI is InChI=1S/C39H67NO4.CH3N5/c1-24(2)26(4)34(8)18-19-36(10)27-14-15-29-35(9)21-43-23-39(29,28(27)16-17-37(36,11)30(34)32(41)42)20-25(3)31(35)44-22-38(12,40-13)33(5,6)7;2-1-3-5-6-4-1/h16,24-27,29-31,40H,14-15,17-23H2,1-13H3,(H,41,42);(H3,2,3,4,5,6)/t25-,26-,27+,29+,30-,31+,34-,35+,36-,37+,38+,39+;/m1./s1. The van der Waals surface area contributed by atoms with Crippen molar-refractivity contribution in [3.05, 3.63) is 11.6 Å². The second-order valence-corrected chi connectivity index (χ2v) is 19.9. The Bertz CT molecular complexity index is 1410. The van der Waals surface area contributed by atoms with E-state index in [0.29, 0.717) is 36.2 Å². The number of nitrogens with zero attached hydrogens (tertiary/aromatic N) is 3. The molecular weight excluding hydrogens is 628 g/mol. The van der Waals surface area contributed by atoms with Crippen LogP contribution in [0.25, 0.3) is 0 Å². The number of tetrazole rings is 1. The van der Waals surface area contributed by atoms with Crippen LogP contribution in [0.1, 0.15) is 122 Å². The molecule has 0 aromatic carbocycles. The van der Waals surface area contributed by atoms with Gasteiger partial charge in [0.1, 0.15) is 0 Å². The number of fused-ring (bicyclic) bond motifs is 3. The molecular formula is C40H70N6O4. The van der Waals surface area contributed by atoms with Crippen LogP contribution in [0.5, 0.6) is 0 Å². The summed E-state index contributed by atoms with van der Waals surface area (Å²) < 4.78 is 13.7. The van der Waals surface area contributed by atoms with E-state index < -0.39 is 5.97 Å². The summed E-state index contributed by atoms with van der Waals surface area (Å²) in [5, 5.41) is 26.6. The van der Waals surface area contributed by atoms with Crippen molar-refractivity contribution in [2.45, 2.75) is 133 Å². The second kappa shape index (κ2) is 13.1. The van der Waals surface area contributed by atoms with Gasteiger partial charge in [-0.05, 0) is 109 Å². The Labute approximate surface area is 302 Å². The number of nitrogens with one attached hydrogen (secondary N) is 2. The first kappa shape index (κ1) is 39.2. The van der Waals surface area contributed by atoms with E-state index in [2.05, 4.69) is 122 Å². The highest BCUT2D eigenvalue weighted by atomic mass is 16.5. The van der Waals surface area contributed by atoms with Crippen LogP contribution in [0.2, 0.25) is 0 Å². The maximum Gasteiger partial charge on any atom is 0.307 e. The van der Waals surface area contributed by atoms with Crippen LogP contribution in [0.4, 0.5) is 5.95 Å². The number of carboxylic acid groups (broad SMARTS) is 1. The molecule has 12 atom stereocenters. The minimum atomic E-state index is -0.583. The van der Waals surface area contributed by atoms with Gasteiger partial charge in [0.05, 0.1) is 31.8 Å². The molecule has 1 aromatic rings. The number of rotatable bonds is 7. The zero-order valence-corrected chi connectivity index (χ0v) is 33.6. The number of H-pyrrole nitrogens is 1. The Kier molecular flexibility index (Phi) is 10.3. The summed E-state index contributed by atoms with van der Waals surface area (Å²) in [4.78, 5) is 13.3. The Morgan fingerprint density at radius 3 is 2.32 bits per heavy atom. The molecule has 284 valence electrons. The van der Waals surface area contributed by atoms with Crippen LogP contribution in [-0.4, -0.2) is 70.2 Å². The van der Waals surface area contributed by atoms with E-state index in [9.17, 15) is 9.90 Å². The number of carbonyl (C=O) groups is 1. The minimum absolute atomic E-state index is 0.0283. The van der Waals surface area contributed by atoms with Crippen LogP contribution in [0.3, 0.4) is 0 Å². The number of hydrogen-bond donors (Lipinski definition) is 4. The van der Waals surface area contributed by atoms with Crippen LogP contribution < -0.4 is 11.1 Å². The van der Waals surface area contributed by atoms with E-state index in [0.717, 1.165) is 45.3 Å². The summed E-state index contributed by atoms with van der Waals surface area (Å²) >= 11 is 0. The van der Waals surface area contributed by atoms with Crippen molar-refractivity contribution < 1.29 is 19.4 Å². The van der Waals surface area contributed by atoms with E-state index in [4.69, 9.17) is 15.2 Å². The van der Waals surface area contributed by atoms with Gasteiger partial charge in [-0.1, -0.05) is 92.9 Å². The molecule has 1 saturated heterocycles. The van der Waals surface area contributed by atoms with Crippen LogP contribution in [0.15, 0.2) is 11.6 Å². The third kappa shape index (κ3) is 5.76. The predicted molar refractivity (Wildman–Crippen MR) is 198 cm³/mol. The first-order chi connectivity index (χ1) is 23.1. The van der Waals surface area contributed by atoms with Crippen molar-refractivity contribution in [2.75, 3.05) is 32.6 Å². The molecule has 50 heavy (non-hydrogen) atoms. The lowest BCUT2D eigenvalue weighted by Crippen LogP contribution is -2.69. The van der Waals surface area contributed by atoms with E-state index >= 15 is 0 Å². The Morgan fingerprint density at radius 2 is 1.80 bits per heavy atom. The number of aliphatic carboxylic acids is 1. The van der Waals surface area contributed by atoms with E-state index in [-0.39, 0.29) is 56.0 Å². The van der Waals surface area contributed by atoms with Crippen molar-refractivity contribution in [2.24, 2.45) is 68.0 Å². The SMILES string of the molecule is CN[C@@](C)(CO[C@H]1[C@H](C)C[C@@]23COC[C@@]1(C)[C@@H]2CC[C@H]1C3=CC[C@@]2(C)[C@H](C(=O)O)[C@@](C)([C@H](C)C(C)C)CC[C@]12C)C(C)(C)C.Nc1nn[nH]n1. The Hall–Kier alpha value is -2.04. The average molecular weight is 699 g/mol. The Balaban J connectivity index is 0.000000732. The first-order valence-corrected chi connectivity index (χ1v) is 19.4. The van der Waals surface area contributed by atoms with Gasteiger partial charge >= 0.3 is 5.97 Å². The maximum absolute atomic E-state index is 13.3. The van der Waals surface area contributed by atoms with Crippen LogP contribution >= 0.6 is 0 Å². The number of ether oxygens (including phenoxy) is 2. The van der Waals surface area contributed by atoms with Gasteiger partial charge in [0.15, 0.2) is 0 Å². The first-order valence-electron chi connectivity index (χ1n) is 19.4. The predicted octanol–water partition coefficient (Wildman–Crippen LogP) is 7.40. The molecule has 0 spiro atoms. The molecule has 0 radical (unpaired) electrons. The van der Waals surface area contributed by atoms with E-state index in [1.165, 1.54) is 6.42 Å². The summed E-state index contributed by atoms with van der Waals surface area (Å²) in [6.07, 6.45) is 9.12. The quantitative estimate of drug-likeness (QED) is 0.214. The van der Waals surface area contributed by atoms with Crippen molar-refractivity contribution in [1.82, 2.24) is 25.9 Å². The van der Waals surface area contributed by atoms with Gasteiger partial charge in [0, 0.05) is 16.4 Å². The highest BCUT2D eigenvalue weighted by Crippen LogP contribution is 2.75. The zero-order valence-electron chi connectivity index (χ0n) is 33.6. The third-order valence-electron chi connectivity index (χ3n) is 16.5. The fourth-order valence-electron chi connectivity index (χ4n) is 12.5. The van der Waals surface area contributed by atoms with Crippen molar-refractivity contribution in [3.8, 4) is 0 Å². The second-order valence-electron chi connectivity index (χ2n) is 19.9. The van der Waals surface area contributed by atoms with Gasteiger partial charge in [0.25, 0.3) is 5.95 Å². The van der Waals surface area contributed by atoms with Gasteiger partial charge in [-0.15, -0.1) is 5.10 Å². The number of likely N-dealkylation sites (N-methyl/N-ethyl adjacent to an activating group) is 1. The molecule has 0 unspecified atom stereocenters. The summed E-state index contributed by atoms with van der Waals surface area (Å²) in [5.74, 6) is 1.44. The summed E-state index contributed by atoms with van der Waals surface area (Å²) in [5.41, 5.74) is 5.99. The molecule has 4 aliphatic carbocycles. The van der Waals surface area contributed by atoms with Gasteiger partial charge in [0.2, 0.25) is 0 Å². The number of aromatic nitrogens is 4. The molecule has 0 amide bonds. The lowest BCUT2D eigenvalue weighted by molar-refractivity contribution is -0.254. The van der Waals surface area contributed by atoms with E-state index in [1.807, 2.05) is 0 Å². The van der Waals surface area contributed by atoms with E-state index in [1.54, 1.807) is 5.57 Å². The summed E-state index contributed by atoms with van der Waals surface area (Å²) in [6, 6.07) is 0. The molecule has 1 aliphatic heterocycles. The van der Waals surface area contributed by atoms with Crippen molar-refractivity contribution in [1.29, 1.82) is 0 Å². The third-order valence-corrected chi connectivity index (χ3v) is 16.5. The lowest BCUT2D eigenvalue weighted by atomic mass is 9.34. The van der Waals surface area contributed by atoms with Crippen LogP contribution in [-0.2, 0) is 14.3 Å². The highest BCUT2D eigenvalue weighted by Gasteiger charge is 2.71. The van der Waals surface area contributed by atoms with Gasteiger partial charge in [-0.25, -0.2) is 0 Å². The zero-order chi connectivity index (χ0) is 37.3. The number of carboxylic acids is 1. The molecule has 2 heterocycles. The topological polar surface area (TPSA) is 148 Å². The number of hydrogen-bond acceptors (Lipinski definition) is 8. The molecule has 10 nitrogen and oxygen atoms in total. The molecule has 5 N–H and O–H groups in total. The largest absolute Gasteiger partial charge is 0.481 e. The Morgan fingerprint density at radius 1 is 1.12 bits per heavy atom. The molecule has 1 aromatic heterocycles. The van der Waals surface area contributed by atoms with Gasteiger partial charge in [-0.3, -0.25) is 4.79 Å². The molecule has 2 bridgehead atoms. The minimum Gasteiger partial charge on any atom is -0.481 e. The fourth-order valence-corrected chi connectivity index (χ4v) is 12.5. The smallest absolute Gasteiger partial charge is 0.307 e. The van der Waals surface area contributed by atoms with Gasteiger partial charge < -0.3 is 25.6 Å². The summed E-state index contributed by atoms with van der Waals surface area (Å²) in [7, 11) is 2.06. The molecule has 10 heteroatoms. The average Bonchev–Trinajstić information content (AvgIpc) is 3.51. The number of nitrogens with two attached hydrogens (primary N) is 1. The van der Waals surface area contributed by atoms with Crippen molar-refractivity contribution in [3.63, 3.8) is 0 Å². The molecule has 4 fully saturated rings. The molecule has 6 rings (SSSR count). The normalized spacial score (nSPS) is 42.8. The number of allylic oxidation sites excluding steroid dienone is 1. The fraction of sp³-hybridized carbons (Fsp3) is 0.900. The maximum atomic E-state index is 13.3. The van der Waals surface area contributed by atoms with Crippen LogP contribution in [0, 0.1) is 68.0 Å². The monoisotopic (exact) mass is 699 g/mol.